The molecule has 5 heteroatoms. The zero-order valence-corrected chi connectivity index (χ0v) is 11.1. The average Bonchev–Trinajstić information content (AvgIpc) is 2.35. The van der Waals surface area contributed by atoms with Crippen LogP contribution in [0.25, 0.3) is 0 Å². The van der Waals surface area contributed by atoms with E-state index >= 15 is 0 Å². The third-order valence-corrected chi connectivity index (χ3v) is 2.85. The summed E-state index contributed by atoms with van der Waals surface area (Å²) >= 11 is 0. The smallest absolute Gasteiger partial charge is 0.198 e. The molecule has 0 amide bonds. The van der Waals surface area contributed by atoms with E-state index in [0.717, 1.165) is 23.3 Å². The minimum Gasteiger partial charge on any atom is -0.451 e. The van der Waals surface area contributed by atoms with Crippen molar-refractivity contribution in [2.24, 2.45) is 5.73 Å². The second-order valence-electron chi connectivity index (χ2n) is 4.55. The molecule has 20 heavy (non-hydrogen) atoms. The molecule has 2 aromatic rings. The lowest BCUT2D eigenvalue weighted by Gasteiger charge is -2.12. The van der Waals surface area contributed by atoms with Crippen LogP contribution in [0.4, 0.5) is 8.78 Å². The van der Waals surface area contributed by atoms with Crippen molar-refractivity contribution < 1.29 is 13.5 Å². The van der Waals surface area contributed by atoms with E-state index in [0.29, 0.717) is 5.75 Å². The van der Waals surface area contributed by atoms with Gasteiger partial charge < -0.3 is 10.5 Å². The summed E-state index contributed by atoms with van der Waals surface area (Å²) in [7, 11) is 0. The van der Waals surface area contributed by atoms with Crippen molar-refractivity contribution in [1.29, 1.82) is 5.41 Å². The van der Waals surface area contributed by atoms with E-state index in [1.807, 2.05) is 13.0 Å². The molecule has 0 atom stereocenters. The highest BCUT2D eigenvalue weighted by atomic mass is 19.1. The highest BCUT2D eigenvalue weighted by Crippen LogP contribution is 2.30. The van der Waals surface area contributed by atoms with Crippen molar-refractivity contribution in [3.8, 4) is 11.5 Å². The largest absolute Gasteiger partial charge is 0.451 e. The Balaban J connectivity index is 2.41. The van der Waals surface area contributed by atoms with E-state index in [1.54, 1.807) is 19.1 Å². The Hall–Kier alpha value is -2.43. The molecule has 3 N–H and O–H groups in total. The van der Waals surface area contributed by atoms with Gasteiger partial charge in [-0.05, 0) is 37.6 Å². The van der Waals surface area contributed by atoms with E-state index in [9.17, 15) is 8.78 Å². The van der Waals surface area contributed by atoms with Crippen molar-refractivity contribution in [2.75, 3.05) is 0 Å². The second kappa shape index (κ2) is 5.28. The third kappa shape index (κ3) is 2.77. The number of ether oxygens (including phenoxy) is 1. The van der Waals surface area contributed by atoms with Crippen molar-refractivity contribution in [3.63, 3.8) is 0 Å². The lowest BCUT2D eigenvalue weighted by molar-refractivity contribution is 0.405. The SMILES string of the molecule is Cc1ccc(Oc2c(F)cc(C(=N)N)cc2F)c(C)c1. The molecule has 0 saturated heterocycles. The van der Waals surface area contributed by atoms with Gasteiger partial charge in [0.25, 0.3) is 0 Å². The lowest BCUT2D eigenvalue weighted by Crippen LogP contribution is -2.12. The van der Waals surface area contributed by atoms with Gasteiger partial charge in [0.05, 0.1) is 0 Å². The van der Waals surface area contributed by atoms with Gasteiger partial charge >= 0.3 is 0 Å². The summed E-state index contributed by atoms with van der Waals surface area (Å²) in [5.41, 5.74) is 6.99. The number of nitrogens with one attached hydrogen (secondary N) is 1. The number of nitrogens with two attached hydrogens (primary N) is 1. The molecule has 0 fully saturated rings. The number of aryl methyl sites for hydroxylation is 2. The van der Waals surface area contributed by atoms with Crippen LogP contribution in [-0.2, 0) is 0 Å². The number of hydrogen-bond donors (Lipinski definition) is 2. The van der Waals surface area contributed by atoms with Gasteiger partial charge in [-0.25, -0.2) is 8.78 Å². The molecule has 0 spiro atoms. The normalized spacial score (nSPS) is 10.4. The molecule has 0 bridgehead atoms. The molecule has 2 rings (SSSR count). The van der Waals surface area contributed by atoms with Gasteiger partial charge in [-0.1, -0.05) is 17.7 Å². The van der Waals surface area contributed by atoms with E-state index in [4.69, 9.17) is 15.9 Å². The Morgan fingerprint density at radius 1 is 1.10 bits per heavy atom. The maximum atomic E-state index is 13.9. The molecule has 0 aromatic heterocycles. The van der Waals surface area contributed by atoms with E-state index in [-0.39, 0.29) is 5.56 Å². The number of nitrogen functional groups attached to an aromatic ring is 1. The first kappa shape index (κ1) is 14.0. The fourth-order valence-corrected chi connectivity index (χ4v) is 1.84. The zero-order valence-electron chi connectivity index (χ0n) is 11.1. The molecule has 0 heterocycles. The molecule has 3 nitrogen and oxygen atoms in total. The number of amidine groups is 1. The quantitative estimate of drug-likeness (QED) is 0.664. The van der Waals surface area contributed by atoms with Gasteiger partial charge in [-0.2, -0.15) is 0 Å². The first-order valence-corrected chi connectivity index (χ1v) is 5.97. The van der Waals surface area contributed by atoms with Crippen LogP contribution in [0.15, 0.2) is 30.3 Å². The van der Waals surface area contributed by atoms with Crippen LogP contribution in [-0.4, -0.2) is 5.84 Å². The van der Waals surface area contributed by atoms with Crippen LogP contribution < -0.4 is 10.5 Å². The van der Waals surface area contributed by atoms with Crippen LogP contribution in [0, 0.1) is 30.9 Å². The maximum absolute atomic E-state index is 13.9. The number of halogens is 2. The summed E-state index contributed by atoms with van der Waals surface area (Å²) in [6.07, 6.45) is 0. The molecule has 0 aliphatic heterocycles. The predicted octanol–water partition coefficient (Wildman–Crippen LogP) is 3.66. The summed E-state index contributed by atoms with van der Waals surface area (Å²) < 4.78 is 33.0. The minimum atomic E-state index is -0.893. The average molecular weight is 276 g/mol. The minimum absolute atomic E-state index is 0.0204. The Labute approximate surface area is 115 Å². The van der Waals surface area contributed by atoms with Gasteiger partial charge in [0.2, 0.25) is 0 Å². The second-order valence-corrected chi connectivity index (χ2v) is 4.55. The van der Waals surface area contributed by atoms with Crippen LogP contribution in [0.2, 0.25) is 0 Å². The van der Waals surface area contributed by atoms with E-state index in [2.05, 4.69) is 0 Å². The number of rotatable bonds is 3. The molecule has 104 valence electrons. The molecule has 0 saturated carbocycles. The zero-order chi connectivity index (χ0) is 14.9. The molecule has 0 unspecified atom stereocenters. The summed E-state index contributed by atoms with van der Waals surface area (Å²) in [4.78, 5) is 0. The first-order valence-electron chi connectivity index (χ1n) is 5.97. The van der Waals surface area contributed by atoms with Crippen LogP contribution in [0.5, 0.6) is 11.5 Å². The summed E-state index contributed by atoms with van der Waals surface area (Å²) in [5.74, 6) is -2.31. The van der Waals surface area contributed by atoms with Gasteiger partial charge in [-0.15, -0.1) is 0 Å². The van der Waals surface area contributed by atoms with Crippen LogP contribution >= 0.6 is 0 Å². The number of benzene rings is 2. The topological polar surface area (TPSA) is 59.1 Å². The van der Waals surface area contributed by atoms with Gasteiger partial charge in [0.1, 0.15) is 11.6 Å². The summed E-state index contributed by atoms with van der Waals surface area (Å²) in [6, 6.07) is 7.26. The first-order chi connectivity index (χ1) is 9.38. The standard InChI is InChI=1S/C15H14F2N2O/c1-8-3-4-13(9(2)5-8)20-14-11(16)6-10(15(18)19)7-12(14)17/h3-7H,1-2H3,(H3,18,19). The predicted molar refractivity (Wildman–Crippen MR) is 73.4 cm³/mol. The maximum Gasteiger partial charge on any atom is 0.198 e. The van der Waals surface area contributed by atoms with Gasteiger partial charge in [0.15, 0.2) is 17.4 Å². The molecular weight excluding hydrogens is 262 g/mol. The highest BCUT2D eigenvalue weighted by molar-refractivity contribution is 5.95. The number of hydrogen-bond acceptors (Lipinski definition) is 2. The molecule has 0 aliphatic carbocycles. The van der Waals surface area contributed by atoms with Crippen LogP contribution in [0.1, 0.15) is 16.7 Å². The van der Waals surface area contributed by atoms with Gasteiger partial charge in [-0.3, -0.25) is 5.41 Å². The van der Waals surface area contributed by atoms with E-state index in [1.165, 1.54) is 0 Å². The summed E-state index contributed by atoms with van der Waals surface area (Å²) in [5, 5.41) is 7.18. The van der Waals surface area contributed by atoms with E-state index < -0.39 is 23.2 Å². The van der Waals surface area contributed by atoms with Gasteiger partial charge in [0, 0.05) is 5.56 Å². The highest BCUT2D eigenvalue weighted by Gasteiger charge is 2.15. The fraction of sp³-hybridized carbons (Fsp3) is 0.133. The molecule has 0 radical (unpaired) electrons. The van der Waals surface area contributed by atoms with Crippen LogP contribution in [0.3, 0.4) is 0 Å². The van der Waals surface area contributed by atoms with Crippen molar-refractivity contribution >= 4 is 5.84 Å². The summed E-state index contributed by atoms with van der Waals surface area (Å²) in [6.45, 7) is 3.71. The Kier molecular flexibility index (Phi) is 3.70. The molecule has 2 aromatic carbocycles. The Bertz CT molecular complexity index is 661. The fourth-order valence-electron chi connectivity index (χ4n) is 1.84. The van der Waals surface area contributed by atoms with Crippen molar-refractivity contribution in [3.05, 3.63) is 58.7 Å². The Morgan fingerprint density at radius 2 is 1.70 bits per heavy atom. The molecular formula is C15H14F2N2O. The Morgan fingerprint density at radius 3 is 2.20 bits per heavy atom. The monoisotopic (exact) mass is 276 g/mol. The molecule has 0 aliphatic rings. The third-order valence-electron chi connectivity index (χ3n) is 2.85. The van der Waals surface area contributed by atoms with Crippen molar-refractivity contribution in [1.82, 2.24) is 0 Å². The van der Waals surface area contributed by atoms with Crippen molar-refractivity contribution in [2.45, 2.75) is 13.8 Å². The lowest BCUT2D eigenvalue weighted by atomic mass is 10.1.